The Morgan fingerprint density at radius 2 is 1.76 bits per heavy atom. The van der Waals surface area contributed by atoms with Gasteiger partial charge in [0.05, 0.1) is 22.2 Å². The van der Waals surface area contributed by atoms with Crippen molar-refractivity contribution in [1.82, 2.24) is 4.90 Å². The summed E-state index contributed by atoms with van der Waals surface area (Å²) >= 11 is 12.7. The third-order valence-corrected chi connectivity index (χ3v) is 6.17. The molecule has 2 amide bonds. The Kier molecular flexibility index (Phi) is 7.52. The number of amides is 2. The van der Waals surface area contributed by atoms with Crippen LogP contribution in [0.4, 0.5) is 16.2 Å². The smallest absolute Gasteiger partial charge is 0.293 e. The van der Waals surface area contributed by atoms with Crippen LogP contribution in [-0.4, -0.2) is 34.3 Å². The summed E-state index contributed by atoms with van der Waals surface area (Å²) in [5.41, 5.74) is 1.28. The van der Waals surface area contributed by atoms with Crippen molar-refractivity contribution in [3.63, 3.8) is 0 Å². The topological polar surface area (TPSA) is 91.6 Å². The lowest BCUT2D eigenvalue weighted by Gasteiger charge is -2.13. The zero-order valence-electron chi connectivity index (χ0n) is 17.5. The van der Waals surface area contributed by atoms with Crippen molar-refractivity contribution in [2.24, 2.45) is 10.2 Å². The Morgan fingerprint density at radius 1 is 1.00 bits per heavy atom. The maximum Gasteiger partial charge on any atom is 0.293 e. The molecule has 1 fully saturated rings. The van der Waals surface area contributed by atoms with Crippen LogP contribution in [0.25, 0.3) is 6.08 Å². The highest BCUT2D eigenvalue weighted by Gasteiger charge is 2.35. The maximum absolute atomic E-state index is 12.8. The van der Waals surface area contributed by atoms with Crippen LogP contribution < -0.4 is 4.74 Å². The third kappa shape index (κ3) is 5.77. The first-order valence-corrected chi connectivity index (χ1v) is 11.6. The van der Waals surface area contributed by atoms with Crippen molar-refractivity contribution in [1.29, 1.82) is 0 Å². The summed E-state index contributed by atoms with van der Waals surface area (Å²) in [6.07, 6.45) is 1.45. The molecule has 7 nitrogen and oxygen atoms in total. The van der Waals surface area contributed by atoms with E-state index in [-0.39, 0.29) is 23.8 Å². The van der Waals surface area contributed by atoms with E-state index in [2.05, 4.69) is 10.2 Å². The van der Waals surface area contributed by atoms with Gasteiger partial charge in [-0.2, -0.15) is 5.11 Å². The van der Waals surface area contributed by atoms with Gasteiger partial charge >= 0.3 is 0 Å². The molecule has 1 aliphatic rings. The summed E-state index contributed by atoms with van der Waals surface area (Å²) < 4.78 is 5.57. The fourth-order valence-electron chi connectivity index (χ4n) is 2.98. The minimum absolute atomic E-state index is 0.0606. The average molecular weight is 514 g/mol. The first kappa shape index (κ1) is 23.8. The normalized spacial score (nSPS) is 15.0. The predicted octanol–water partition coefficient (Wildman–Crippen LogP) is 7.23. The van der Waals surface area contributed by atoms with Crippen LogP contribution in [0, 0.1) is 0 Å². The molecule has 34 heavy (non-hydrogen) atoms. The Balaban J connectivity index is 1.45. The van der Waals surface area contributed by atoms with Gasteiger partial charge in [0.15, 0.2) is 0 Å². The van der Waals surface area contributed by atoms with Gasteiger partial charge in [0.2, 0.25) is 0 Å². The molecule has 1 aliphatic heterocycles. The Labute approximate surface area is 209 Å². The van der Waals surface area contributed by atoms with Crippen LogP contribution in [0.2, 0.25) is 10.0 Å². The van der Waals surface area contributed by atoms with Crippen LogP contribution >= 0.6 is 35.0 Å². The monoisotopic (exact) mass is 513 g/mol. The van der Waals surface area contributed by atoms with E-state index in [0.29, 0.717) is 32.7 Å². The number of halogens is 2. The van der Waals surface area contributed by atoms with Gasteiger partial charge in [-0.1, -0.05) is 35.3 Å². The lowest BCUT2D eigenvalue weighted by molar-refractivity contribution is -0.123. The lowest BCUT2D eigenvalue weighted by atomic mass is 10.1. The van der Waals surface area contributed by atoms with Crippen molar-refractivity contribution in [3.8, 4) is 11.5 Å². The number of rotatable bonds is 7. The fraction of sp³-hybridized carbons (Fsp3) is 0.0833. The summed E-state index contributed by atoms with van der Waals surface area (Å²) in [4.78, 5) is 26.4. The molecule has 0 spiro atoms. The van der Waals surface area contributed by atoms with Gasteiger partial charge in [0.25, 0.3) is 11.1 Å². The van der Waals surface area contributed by atoms with E-state index in [1.54, 1.807) is 60.7 Å². The predicted molar refractivity (Wildman–Crippen MR) is 133 cm³/mol. The number of hydrogen-bond donors (Lipinski definition) is 1. The second-order valence-electron chi connectivity index (χ2n) is 7.03. The lowest BCUT2D eigenvalue weighted by Crippen LogP contribution is -2.32. The second kappa shape index (κ2) is 10.7. The first-order chi connectivity index (χ1) is 16.4. The maximum atomic E-state index is 12.8. The minimum atomic E-state index is -0.461. The first-order valence-electron chi connectivity index (χ1n) is 10.0. The molecule has 1 N–H and O–H groups in total. The van der Waals surface area contributed by atoms with E-state index < -0.39 is 11.1 Å². The van der Waals surface area contributed by atoms with Crippen LogP contribution in [0.15, 0.2) is 81.9 Å². The van der Waals surface area contributed by atoms with Crippen molar-refractivity contribution in [3.05, 3.63) is 87.2 Å². The van der Waals surface area contributed by atoms with Gasteiger partial charge in [0.1, 0.15) is 23.8 Å². The molecule has 1 saturated heterocycles. The van der Waals surface area contributed by atoms with Crippen LogP contribution in [0.5, 0.6) is 11.5 Å². The van der Waals surface area contributed by atoms with E-state index in [0.717, 1.165) is 16.7 Å². The SMILES string of the molecule is O=C1S/C(=C\c2cc(N=Nc3ccccc3Cl)ccc2O)C(=O)N1CCOc1ccc(Cl)cc1. The molecule has 4 rings (SSSR count). The van der Waals surface area contributed by atoms with Crippen LogP contribution in [-0.2, 0) is 4.79 Å². The number of nitrogens with zero attached hydrogens (tertiary/aromatic N) is 3. The van der Waals surface area contributed by atoms with Gasteiger partial charge in [-0.15, -0.1) is 5.11 Å². The standard InChI is InChI=1S/C24H17Cl2N3O4S/c25-16-5-8-18(9-6-16)33-12-11-29-23(31)22(34-24(29)32)14-15-13-17(7-10-21(15)30)27-28-20-4-2-1-3-19(20)26/h1-10,13-14,30H,11-12H2/b22-14-,28-27?. The van der Waals surface area contributed by atoms with Crippen molar-refractivity contribution < 1.29 is 19.4 Å². The summed E-state index contributed by atoms with van der Waals surface area (Å²) in [6.45, 7) is 0.221. The van der Waals surface area contributed by atoms with E-state index in [9.17, 15) is 14.7 Å². The Morgan fingerprint density at radius 3 is 2.53 bits per heavy atom. The number of imide groups is 1. The molecule has 172 valence electrons. The number of benzene rings is 3. The highest BCUT2D eigenvalue weighted by atomic mass is 35.5. The number of phenols is 1. The van der Waals surface area contributed by atoms with E-state index in [1.165, 1.54) is 12.1 Å². The van der Waals surface area contributed by atoms with Crippen molar-refractivity contribution >= 4 is 63.6 Å². The quantitative estimate of drug-likeness (QED) is 0.265. The number of carbonyl (C=O) groups is 2. The van der Waals surface area contributed by atoms with E-state index >= 15 is 0 Å². The number of carbonyl (C=O) groups excluding carboxylic acids is 2. The van der Waals surface area contributed by atoms with Crippen LogP contribution in [0.1, 0.15) is 5.56 Å². The van der Waals surface area contributed by atoms with E-state index in [4.69, 9.17) is 27.9 Å². The van der Waals surface area contributed by atoms with Gasteiger partial charge in [0, 0.05) is 10.6 Å². The fourth-order valence-corrected chi connectivity index (χ4v) is 4.14. The molecule has 0 saturated carbocycles. The summed E-state index contributed by atoms with van der Waals surface area (Å²) in [5, 5.41) is 19.1. The number of aromatic hydroxyl groups is 1. The van der Waals surface area contributed by atoms with Crippen LogP contribution in [0.3, 0.4) is 0 Å². The molecule has 10 heteroatoms. The Hall–Kier alpha value is -3.33. The zero-order valence-corrected chi connectivity index (χ0v) is 19.8. The molecule has 0 atom stereocenters. The number of azo groups is 1. The second-order valence-corrected chi connectivity index (χ2v) is 8.87. The molecule has 0 bridgehead atoms. The molecule has 0 aromatic heterocycles. The molecular formula is C24H17Cl2N3O4S. The average Bonchev–Trinajstić information content (AvgIpc) is 3.09. The number of hydrogen-bond acceptors (Lipinski definition) is 7. The summed E-state index contributed by atoms with van der Waals surface area (Å²) in [5.74, 6) is 0.0615. The molecule has 0 unspecified atom stereocenters. The molecule has 1 heterocycles. The van der Waals surface area contributed by atoms with Gasteiger partial charge in [-0.25, -0.2) is 0 Å². The number of ether oxygens (including phenoxy) is 1. The number of phenolic OH excluding ortho intramolecular Hbond substituents is 1. The minimum Gasteiger partial charge on any atom is -0.507 e. The molecule has 0 radical (unpaired) electrons. The summed E-state index contributed by atoms with van der Waals surface area (Å²) in [6, 6.07) is 18.4. The Bertz CT molecular complexity index is 1300. The number of thioether (sulfide) groups is 1. The third-order valence-electron chi connectivity index (χ3n) is 4.69. The highest BCUT2D eigenvalue weighted by molar-refractivity contribution is 8.18. The summed E-state index contributed by atoms with van der Waals surface area (Å²) in [7, 11) is 0. The van der Waals surface area contributed by atoms with Crippen molar-refractivity contribution in [2.75, 3.05) is 13.2 Å². The molecule has 3 aromatic carbocycles. The van der Waals surface area contributed by atoms with E-state index in [1.807, 2.05) is 0 Å². The molecule has 0 aliphatic carbocycles. The molecular weight excluding hydrogens is 497 g/mol. The van der Waals surface area contributed by atoms with Crippen molar-refractivity contribution in [2.45, 2.75) is 0 Å². The van der Waals surface area contributed by atoms with Gasteiger partial charge in [-0.05, 0) is 72.4 Å². The largest absolute Gasteiger partial charge is 0.507 e. The van der Waals surface area contributed by atoms with Gasteiger partial charge in [-0.3, -0.25) is 14.5 Å². The highest BCUT2D eigenvalue weighted by Crippen LogP contribution is 2.35. The van der Waals surface area contributed by atoms with Gasteiger partial charge < -0.3 is 9.84 Å². The zero-order chi connectivity index (χ0) is 24.1. The molecule has 3 aromatic rings.